The molecular weight excluding hydrogens is 344 g/mol. The average Bonchev–Trinajstić information content (AvgIpc) is 3.12. The monoisotopic (exact) mass is 366 g/mol. The first-order valence-corrected chi connectivity index (χ1v) is 8.62. The number of carbonyl (C=O) groups excluding carboxylic acids is 1. The second kappa shape index (κ2) is 8.79. The number of imidazole rings is 1. The number of anilines is 1. The predicted molar refractivity (Wildman–Crippen MR) is 102 cm³/mol. The van der Waals surface area contributed by atoms with Gasteiger partial charge in [0, 0.05) is 37.1 Å². The van der Waals surface area contributed by atoms with Crippen molar-refractivity contribution in [3.8, 4) is 11.6 Å². The number of nitrogens with one attached hydrogen (secondary N) is 2. The molecule has 0 aliphatic rings. The summed E-state index contributed by atoms with van der Waals surface area (Å²) in [6.07, 6.45) is 5.35. The predicted octanol–water partition coefficient (Wildman–Crippen LogP) is 1.75. The molecule has 1 amide bonds. The van der Waals surface area contributed by atoms with Gasteiger partial charge in [0.15, 0.2) is 0 Å². The van der Waals surface area contributed by atoms with Gasteiger partial charge in [-0.1, -0.05) is 18.2 Å². The van der Waals surface area contributed by atoms with Gasteiger partial charge < -0.3 is 15.4 Å². The van der Waals surface area contributed by atoms with Gasteiger partial charge in [0.05, 0.1) is 13.5 Å². The van der Waals surface area contributed by atoms with E-state index in [-0.39, 0.29) is 12.3 Å². The van der Waals surface area contributed by atoms with Gasteiger partial charge in [0.1, 0.15) is 29.5 Å². The summed E-state index contributed by atoms with van der Waals surface area (Å²) >= 11 is 0. The molecule has 0 aliphatic heterocycles. The average molecular weight is 366 g/mol. The maximum absolute atomic E-state index is 12.1. The van der Waals surface area contributed by atoms with Crippen LogP contribution < -0.4 is 15.4 Å². The Labute approximate surface area is 157 Å². The van der Waals surface area contributed by atoms with E-state index in [2.05, 4.69) is 25.6 Å². The molecule has 8 heteroatoms. The standard InChI is InChI=1S/C19H22N6O2/c1-14-20-9-10-25(14)18-12-17(23-13-24-18)21-7-8-22-19(26)11-15-5-3-4-6-16(15)27-2/h3-6,9-10,12-13H,7-8,11H2,1-2H3,(H,22,26)(H,21,23,24). The summed E-state index contributed by atoms with van der Waals surface area (Å²) in [5, 5.41) is 6.07. The molecule has 8 nitrogen and oxygen atoms in total. The van der Waals surface area contributed by atoms with Crippen molar-refractivity contribution < 1.29 is 9.53 Å². The highest BCUT2D eigenvalue weighted by atomic mass is 16.5. The maximum Gasteiger partial charge on any atom is 0.224 e. The van der Waals surface area contributed by atoms with Crippen LogP contribution >= 0.6 is 0 Å². The highest BCUT2D eigenvalue weighted by Crippen LogP contribution is 2.17. The largest absolute Gasteiger partial charge is 0.496 e. The third-order valence-electron chi connectivity index (χ3n) is 4.02. The quantitative estimate of drug-likeness (QED) is 0.590. The molecule has 0 saturated carbocycles. The summed E-state index contributed by atoms with van der Waals surface area (Å²) in [6.45, 7) is 2.95. The Bertz CT molecular complexity index is 908. The molecule has 27 heavy (non-hydrogen) atoms. The number of carbonyl (C=O) groups is 1. The number of nitrogens with zero attached hydrogens (tertiary/aromatic N) is 4. The minimum Gasteiger partial charge on any atom is -0.496 e. The highest BCUT2D eigenvalue weighted by molar-refractivity contribution is 5.79. The zero-order valence-electron chi connectivity index (χ0n) is 15.3. The van der Waals surface area contributed by atoms with Crippen LogP contribution in [0.25, 0.3) is 5.82 Å². The first kappa shape index (κ1) is 18.4. The van der Waals surface area contributed by atoms with E-state index >= 15 is 0 Å². The summed E-state index contributed by atoms with van der Waals surface area (Å²) < 4.78 is 7.14. The molecule has 2 aromatic heterocycles. The van der Waals surface area contributed by atoms with Crippen molar-refractivity contribution in [1.82, 2.24) is 24.8 Å². The van der Waals surface area contributed by atoms with E-state index in [0.29, 0.717) is 24.7 Å². The van der Waals surface area contributed by atoms with Crippen LogP contribution in [-0.4, -0.2) is 45.6 Å². The molecular formula is C19H22N6O2. The Morgan fingerprint density at radius 2 is 2.04 bits per heavy atom. The van der Waals surface area contributed by atoms with Crippen LogP contribution in [0.4, 0.5) is 5.82 Å². The Kier molecular flexibility index (Phi) is 5.98. The Morgan fingerprint density at radius 1 is 1.19 bits per heavy atom. The lowest BCUT2D eigenvalue weighted by Crippen LogP contribution is -2.30. The van der Waals surface area contributed by atoms with Crippen molar-refractivity contribution in [3.63, 3.8) is 0 Å². The summed E-state index contributed by atoms with van der Waals surface area (Å²) in [5.41, 5.74) is 0.863. The van der Waals surface area contributed by atoms with Gasteiger partial charge >= 0.3 is 0 Å². The van der Waals surface area contributed by atoms with Gasteiger partial charge in [-0.25, -0.2) is 15.0 Å². The lowest BCUT2D eigenvalue weighted by Gasteiger charge is -2.10. The van der Waals surface area contributed by atoms with E-state index in [9.17, 15) is 4.79 Å². The van der Waals surface area contributed by atoms with E-state index in [1.165, 1.54) is 6.33 Å². The molecule has 0 aliphatic carbocycles. The number of para-hydroxylation sites is 1. The van der Waals surface area contributed by atoms with Gasteiger partial charge in [0.25, 0.3) is 0 Å². The lowest BCUT2D eigenvalue weighted by atomic mass is 10.1. The van der Waals surface area contributed by atoms with Gasteiger partial charge in [-0.15, -0.1) is 0 Å². The number of benzene rings is 1. The number of methoxy groups -OCH3 is 1. The topological polar surface area (TPSA) is 94.0 Å². The fraction of sp³-hybridized carbons (Fsp3) is 0.263. The number of hydrogen-bond acceptors (Lipinski definition) is 6. The summed E-state index contributed by atoms with van der Waals surface area (Å²) in [5.74, 6) is 2.94. The molecule has 0 spiro atoms. The SMILES string of the molecule is COc1ccccc1CC(=O)NCCNc1cc(-n2ccnc2C)ncn1. The Balaban J connectivity index is 1.48. The van der Waals surface area contributed by atoms with E-state index in [1.54, 1.807) is 13.3 Å². The molecule has 2 N–H and O–H groups in total. The second-order valence-corrected chi connectivity index (χ2v) is 5.87. The number of aryl methyl sites for hydroxylation is 1. The molecule has 3 aromatic rings. The van der Waals surface area contributed by atoms with Gasteiger partial charge in [-0.3, -0.25) is 9.36 Å². The molecule has 2 heterocycles. The molecule has 1 aromatic carbocycles. The first-order chi connectivity index (χ1) is 13.2. The zero-order chi connectivity index (χ0) is 19.1. The van der Waals surface area contributed by atoms with Crippen LogP contribution in [-0.2, 0) is 11.2 Å². The number of aromatic nitrogens is 4. The molecule has 0 fully saturated rings. The van der Waals surface area contributed by atoms with Crippen LogP contribution in [0.5, 0.6) is 5.75 Å². The van der Waals surface area contributed by atoms with E-state index in [1.807, 2.05) is 48.0 Å². The smallest absolute Gasteiger partial charge is 0.224 e. The fourth-order valence-corrected chi connectivity index (χ4v) is 2.67. The number of rotatable bonds is 8. The third-order valence-corrected chi connectivity index (χ3v) is 4.02. The van der Waals surface area contributed by atoms with E-state index in [0.717, 1.165) is 17.2 Å². The fourth-order valence-electron chi connectivity index (χ4n) is 2.67. The molecule has 3 rings (SSSR count). The molecule has 0 unspecified atom stereocenters. The van der Waals surface area contributed by atoms with Gasteiger partial charge in [-0.2, -0.15) is 0 Å². The number of ether oxygens (including phenoxy) is 1. The van der Waals surface area contributed by atoms with Crippen LogP contribution in [0.15, 0.2) is 49.1 Å². The van der Waals surface area contributed by atoms with Crippen molar-refractivity contribution in [1.29, 1.82) is 0 Å². The van der Waals surface area contributed by atoms with Gasteiger partial charge in [0.2, 0.25) is 5.91 Å². The zero-order valence-corrected chi connectivity index (χ0v) is 15.3. The maximum atomic E-state index is 12.1. The third kappa shape index (κ3) is 4.81. The molecule has 0 radical (unpaired) electrons. The highest BCUT2D eigenvalue weighted by Gasteiger charge is 2.08. The Hall–Kier alpha value is -3.42. The van der Waals surface area contributed by atoms with Crippen molar-refractivity contribution in [2.24, 2.45) is 0 Å². The minimum atomic E-state index is -0.0567. The second-order valence-electron chi connectivity index (χ2n) is 5.87. The van der Waals surface area contributed by atoms with Crippen LogP contribution in [0.1, 0.15) is 11.4 Å². The number of hydrogen-bond donors (Lipinski definition) is 2. The van der Waals surface area contributed by atoms with E-state index in [4.69, 9.17) is 4.74 Å². The van der Waals surface area contributed by atoms with E-state index < -0.39 is 0 Å². The minimum absolute atomic E-state index is 0.0567. The van der Waals surface area contributed by atoms with Crippen molar-refractivity contribution in [2.75, 3.05) is 25.5 Å². The number of amides is 1. The van der Waals surface area contributed by atoms with Crippen molar-refractivity contribution in [3.05, 3.63) is 60.4 Å². The molecule has 0 bridgehead atoms. The van der Waals surface area contributed by atoms with Crippen LogP contribution in [0, 0.1) is 6.92 Å². The van der Waals surface area contributed by atoms with Crippen molar-refractivity contribution in [2.45, 2.75) is 13.3 Å². The first-order valence-electron chi connectivity index (χ1n) is 8.62. The van der Waals surface area contributed by atoms with Crippen LogP contribution in [0.3, 0.4) is 0 Å². The summed E-state index contributed by atoms with van der Waals surface area (Å²) in [7, 11) is 1.60. The lowest BCUT2D eigenvalue weighted by molar-refractivity contribution is -0.120. The Morgan fingerprint density at radius 3 is 2.81 bits per heavy atom. The molecule has 140 valence electrons. The van der Waals surface area contributed by atoms with Crippen LogP contribution in [0.2, 0.25) is 0 Å². The van der Waals surface area contributed by atoms with Crippen molar-refractivity contribution >= 4 is 11.7 Å². The normalized spacial score (nSPS) is 10.4. The molecule has 0 atom stereocenters. The molecule has 0 saturated heterocycles. The summed E-state index contributed by atoms with van der Waals surface area (Å²) in [6, 6.07) is 9.34. The summed E-state index contributed by atoms with van der Waals surface area (Å²) in [4.78, 5) is 24.8. The van der Waals surface area contributed by atoms with Gasteiger partial charge in [-0.05, 0) is 13.0 Å².